The van der Waals surface area contributed by atoms with E-state index in [2.05, 4.69) is 104 Å². The lowest BCUT2D eigenvalue weighted by Gasteiger charge is -2.11. The summed E-state index contributed by atoms with van der Waals surface area (Å²) in [6, 6.07) is 34.2. The minimum absolute atomic E-state index is 1.02. The number of rotatable bonds is 2. The number of pyridine rings is 1. The van der Waals surface area contributed by atoms with E-state index in [0.717, 1.165) is 11.4 Å². The Morgan fingerprint density at radius 2 is 0.963 bits per heavy atom. The van der Waals surface area contributed by atoms with Gasteiger partial charge in [-0.2, -0.15) is 0 Å². The van der Waals surface area contributed by atoms with Crippen LogP contribution in [0.25, 0.3) is 44.1 Å². The molecule has 128 valence electrons. The Hall–Kier alpha value is -3.45. The van der Waals surface area contributed by atoms with Gasteiger partial charge in [-0.05, 0) is 46.2 Å². The largest absolute Gasteiger partial charge is 0.248 e. The summed E-state index contributed by atoms with van der Waals surface area (Å²) in [6.07, 6.45) is 0. The Bertz CT molecular complexity index is 1180. The highest BCUT2D eigenvalue weighted by Crippen LogP contribution is 2.32. The molecule has 0 bridgehead atoms. The van der Waals surface area contributed by atoms with Crippen LogP contribution in [0.1, 0.15) is 5.56 Å². The van der Waals surface area contributed by atoms with Crippen LogP contribution in [0.4, 0.5) is 0 Å². The molecule has 0 aliphatic rings. The van der Waals surface area contributed by atoms with E-state index in [9.17, 15) is 0 Å². The molecule has 1 aromatic heterocycles. The number of fused-ring (bicyclic) bond motifs is 2. The molecule has 0 aliphatic heterocycles. The average molecular weight is 345 g/mol. The van der Waals surface area contributed by atoms with E-state index in [0.29, 0.717) is 0 Å². The molecule has 0 unspecified atom stereocenters. The van der Waals surface area contributed by atoms with Crippen LogP contribution in [0.3, 0.4) is 0 Å². The van der Waals surface area contributed by atoms with Gasteiger partial charge in [0.1, 0.15) is 0 Å². The van der Waals surface area contributed by atoms with Gasteiger partial charge in [-0.15, -0.1) is 0 Å². The van der Waals surface area contributed by atoms with Gasteiger partial charge in [-0.3, -0.25) is 0 Å². The van der Waals surface area contributed by atoms with Crippen molar-refractivity contribution in [1.82, 2.24) is 4.98 Å². The highest BCUT2D eigenvalue weighted by Gasteiger charge is 2.10. The maximum absolute atomic E-state index is 5.07. The van der Waals surface area contributed by atoms with Gasteiger partial charge in [0.15, 0.2) is 0 Å². The van der Waals surface area contributed by atoms with Crippen molar-refractivity contribution >= 4 is 21.5 Å². The monoisotopic (exact) mass is 345 g/mol. The lowest BCUT2D eigenvalue weighted by atomic mass is 9.98. The van der Waals surface area contributed by atoms with Crippen molar-refractivity contribution in [2.45, 2.75) is 6.92 Å². The Balaban J connectivity index is 1.76. The summed E-state index contributed by atoms with van der Waals surface area (Å²) in [5.74, 6) is 0. The zero-order chi connectivity index (χ0) is 18.2. The van der Waals surface area contributed by atoms with E-state index in [1.54, 1.807) is 0 Å². The summed E-state index contributed by atoms with van der Waals surface area (Å²) >= 11 is 0. The molecule has 0 aliphatic carbocycles. The van der Waals surface area contributed by atoms with Crippen molar-refractivity contribution < 1.29 is 0 Å². The van der Waals surface area contributed by atoms with Crippen molar-refractivity contribution in [2.24, 2.45) is 0 Å². The average Bonchev–Trinajstić information content (AvgIpc) is 2.72. The predicted molar refractivity (Wildman–Crippen MR) is 115 cm³/mol. The molecule has 0 fully saturated rings. The van der Waals surface area contributed by atoms with E-state index in [1.807, 2.05) is 0 Å². The molecular weight excluding hydrogens is 326 g/mol. The number of hydrogen-bond donors (Lipinski definition) is 0. The Morgan fingerprint density at radius 3 is 1.48 bits per heavy atom. The van der Waals surface area contributed by atoms with E-state index in [-0.39, 0.29) is 0 Å². The van der Waals surface area contributed by atoms with Crippen molar-refractivity contribution in [2.75, 3.05) is 0 Å². The minimum Gasteiger partial charge on any atom is -0.248 e. The van der Waals surface area contributed by atoms with Gasteiger partial charge in [0.05, 0.1) is 11.4 Å². The van der Waals surface area contributed by atoms with Crippen LogP contribution in [0.15, 0.2) is 97.1 Å². The summed E-state index contributed by atoms with van der Waals surface area (Å²) in [4.78, 5) is 5.07. The van der Waals surface area contributed by atoms with E-state index in [1.165, 1.54) is 38.2 Å². The molecule has 0 saturated carbocycles. The first kappa shape index (κ1) is 15.8. The van der Waals surface area contributed by atoms with Crippen molar-refractivity contribution in [3.05, 3.63) is 103 Å². The molecule has 1 heterocycles. The molecule has 0 amide bonds. The first-order valence-electron chi connectivity index (χ1n) is 9.24. The fraction of sp³-hybridized carbons (Fsp3) is 0.0385. The predicted octanol–water partition coefficient (Wildman–Crippen LogP) is 7.03. The number of benzene rings is 4. The number of hydrogen-bond acceptors (Lipinski definition) is 1. The summed E-state index contributed by atoms with van der Waals surface area (Å²) in [7, 11) is 0. The molecule has 4 aromatic carbocycles. The van der Waals surface area contributed by atoms with Crippen LogP contribution < -0.4 is 0 Å². The molecule has 27 heavy (non-hydrogen) atoms. The Morgan fingerprint density at radius 1 is 0.519 bits per heavy atom. The van der Waals surface area contributed by atoms with Crippen LogP contribution in [0.2, 0.25) is 0 Å². The van der Waals surface area contributed by atoms with Gasteiger partial charge < -0.3 is 0 Å². The third-order valence-electron chi connectivity index (χ3n) is 5.10. The molecule has 5 rings (SSSR count). The number of nitrogens with zero attached hydrogens (tertiary/aromatic N) is 1. The highest BCUT2D eigenvalue weighted by atomic mass is 14.7. The van der Waals surface area contributed by atoms with Crippen molar-refractivity contribution in [3.63, 3.8) is 0 Å². The van der Waals surface area contributed by atoms with Crippen LogP contribution in [0.5, 0.6) is 0 Å². The third-order valence-corrected chi connectivity index (χ3v) is 5.10. The number of aryl methyl sites for hydroxylation is 1. The van der Waals surface area contributed by atoms with Gasteiger partial charge in [0.25, 0.3) is 0 Å². The topological polar surface area (TPSA) is 12.9 Å². The maximum atomic E-state index is 5.07. The SMILES string of the molecule is Cc1cc(-c2cccc3ccccc23)nc(-c2cccc3ccccc23)c1. The lowest BCUT2D eigenvalue weighted by molar-refractivity contribution is 1.29. The molecular formula is C26H19N. The quantitative estimate of drug-likeness (QED) is 0.335. The Labute approximate surface area is 158 Å². The third kappa shape index (κ3) is 2.78. The highest BCUT2D eigenvalue weighted by molar-refractivity contribution is 5.98. The van der Waals surface area contributed by atoms with Gasteiger partial charge in [0, 0.05) is 11.1 Å². The maximum Gasteiger partial charge on any atom is 0.0718 e. The van der Waals surface area contributed by atoms with Crippen LogP contribution >= 0.6 is 0 Å². The van der Waals surface area contributed by atoms with E-state index in [4.69, 9.17) is 4.98 Å². The summed E-state index contributed by atoms with van der Waals surface area (Å²) in [5.41, 5.74) is 5.62. The minimum atomic E-state index is 1.02. The molecule has 0 saturated heterocycles. The van der Waals surface area contributed by atoms with Gasteiger partial charge in [0.2, 0.25) is 0 Å². The second kappa shape index (κ2) is 6.37. The van der Waals surface area contributed by atoms with Crippen molar-refractivity contribution in [1.29, 1.82) is 0 Å². The van der Waals surface area contributed by atoms with E-state index < -0.39 is 0 Å². The molecule has 1 nitrogen and oxygen atoms in total. The van der Waals surface area contributed by atoms with Crippen molar-refractivity contribution in [3.8, 4) is 22.5 Å². The molecule has 0 spiro atoms. The summed E-state index contributed by atoms with van der Waals surface area (Å²) in [6.45, 7) is 2.14. The van der Waals surface area contributed by atoms with Crippen LogP contribution in [-0.4, -0.2) is 4.98 Å². The normalized spacial score (nSPS) is 11.1. The lowest BCUT2D eigenvalue weighted by Crippen LogP contribution is -1.92. The second-order valence-electron chi connectivity index (χ2n) is 6.97. The molecule has 0 N–H and O–H groups in total. The second-order valence-corrected chi connectivity index (χ2v) is 6.97. The molecule has 5 aromatic rings. The smallest absolute Gasteiger partial charge is 0.0718 e. The number of aromatic nitrogens is 1. The fourth-order valence-corrected chi connectivity index (χ4v) is 3.84. The van der Waals surface area contributed by atoms with Crippen LogP contribution in [0, 0.1) is 6.92 Å². The van der Waals surface area contributed by atoms with Gasteiger partial charge >= 0.3 is 0 Å². The zero-order valence-electron chi connectivity index (χ0n) is 15.2. The Kier molecular flexibility index (Phi) is 3.72. The fourth-order valence-electron chi connectivity index (χ4n) is 3.84. The van der Waals surface area contributed by atoms with Crippen LogP contribution in [-0.2, 0) is 0 Å². The molecule has 1 heteroatoms. The summed E-state index contributed by atoms with van der Waals surface area (Å²) in [5, 5.41) is 4.96. The molecule has 0 radical (unpaired) electrons. The first-order valence-corrected chi connectivity index (χ1v) is 9.24. The zero-order valence-corrected chi connectivity index (χ0v) is 15.2. The van der Waals surface area contributed by atoms with Gasteiger partial charge in [-0.1, -0.05) is 84.9 Å². The summed E-state index contributed by atoms with van der Waals surface area (Å²) < 4.78 is 0. The van der Waals surface area contributed by atoms with E-state index >= 15 is 0 Å². The first-order chi connectivity index (χ1) is 13.3. The molecule has 0 atom stereocenters. The van der Waals surface area contributed by atoms with Gasteiger partial charge in [-0.25, -0.2) is 4.98 Å². The standard InChI is InChI=1S/C26H19N/c1-18-16-25(23-14-6-10-19-8-2-4-12-21(19)23)27-26(17-18)24-15-7-11-20-9-3-5-13-22(20)24/h2-17H,1H3.